The predicted octanol–water partition coefficient (Wildman–Crippen LogP) is 4.28. The molecular formula is C20H18N4. The predicted molar refractivity (Wildman–Crippen MR) is 102 cm³/mol. The summed E-state index contributed by atoms with van der Waals surface area (Å²) < 4.78 is 0. The first-order valence-electron chi connectivity index (χ1n) is 7.98. The Morgan fingerprint density at radius 3 is 2.67 bits per heavy atom. The van der Waals surface area contributed by atoms with Crippen molar-refractivity contribution in [2.24, 2.45) is 10.1 Å². The average Bonchev–Trinajstić information content (AvgIpc) is 2.90. The highest BCUT2D eigenvalue weighted by Crippen LogP contribution is 2.26. The van der Waals surface area contributed by atoms with E-state index < -0.39 is 0 Å². The molecular weight excluding hydrogens is 296 g/mol. The third kappa shape index (κ3) is 2.86. The van der Waals surface area contributed by atoms with Crippen LogP contribution in [0.15, 0.2) is 76.6 Å². The number of para-hydroxylation sites is 2. The fourth-order valence-electron chi connectivity index (χ4n) is 2.85. The topological polar surface area (TPSA) is 40.0 Å². The first-order valence-corrected chi connectivity index (χ1v) is 7.98. The Balaban J connectivity index is 1.65. The van der Waals surface area contributed by atoms with Crippen molar-refractivity contribution in [3.63, 3.8) is 0 Å². The lowest BCUT2D eigenvalue weighted by molar-refractivity contribution is 0.907. The summed E-state index contributed by atoms with van der Waals surface area (Å²) in [6.07, 6.45) is 7.89. The van der Waals surface area contributed by atoms with Crippen LogP contribution in [0.5, 0.6) is 0 Å². The first kappa shape index (κ1) is 14.5. The highest BCUT2D eigenvalue weighted by molar-refractivity contribution is 5.99. The largest absolute Gasteiger partial charge is 0.356 e. The maximum Gasteiger partial charge on any atom is 0.0832 e. The van der Waals surface area contributed by atoms with Crippen LogP contribution < -0.4 is 10.3 Å². The quantitative estimate of drug-likeness (QED) is 0.898. The molecule has 4 heteroatoms. The van der Waals surface area contributed by atoms with Gasteiger partial charge in [0.2, 0.25) is 0 Å². The van der Waals surface area contributed by atoms with Gasteiger partial charge in [-0.2, -0.15) is 5.10 Å². The Morgan fingerprint density at radius 1 is 0.958 bits per heavy atom. The molecule has 118 valence electrons. The van der Waals surface area contributed by atoms with Crippen LogP contribution >= 0.6 is 0 Å². The molecule has 0 saturated heterocycles. The molecule has 0 spiro atoms. The normalized spacial score (nSPS) is 15.5. The SMILES string of the molecule is CC1=NN(CC2=CN=Cc3ccccc3N2)c2ccccc2C=C1. The molecule has 2 aliphatic heterocycles. The van der Waals surface area contributed by atoms with Gasteiger partial charge in [0.25, 0.3) is 0 Å². The maximum atomic E-state index is 4.73. The standard InChI is InChI=1S/C20H18N4/c1-15-10-11-16-6-3-5-9-20(16)24(23-15)14-18-13-21-12-17-7-2-4-8-19(17)22-18/h2-13,22H,14H2,1H3. The molecule has 0 saturated carbocycles. The van der Waals surface area contributed by atoms with Gasteiger partial charge in [0.15, 0.2) is 0 Å². The number of nitrogens with zero attached hydrogens (tertiary/aromatic N) is 3. The van der Waals surface area contributed by atoms with E-state index in [1.165, 1.54) is 0 Å². The molecule has 0 radical (unpaired) electrons. The fourth-order valence-corrected chi connectivity index (χ4v) is 2.85. The van der Waals surface area contributed by atoms with Crippen molar-refractivity contribution >= 4 is 29.4 Å². The Bertz CT molecular complexity index is 890. The summed E-state index contributed by atoms with van der Waals surface area (Å²) in [6, 6.07) is 16.4. The van der Waals surface area contributed by atoms with Gasteiger partial charge in [-0.15, -0.1) is 0 Å². The minimum Gasteiger partial charge on any atom is -0.356 e. The molecule has 0 aromatic heterocycles. The molecule has 0 unspecified atom stereocenters. The number of fused-ring (bicyclic) bond motifs is 2. The molecule has 4 rings (SSSR count). The zero-order chi connectivity index (χ0) is 16.4. The van der Waals surface area contributed by atoms with Crippen molar-refractivity contribution in [1.82, 2.24) is 0 Å². The summed E-state index contributed by atoms with van der Waals surface area (Å²) >= 11 is 0. The van der Waals surface area contributed by atoms with Crippen molar-refractivity contribution < 1.29 is 0 Å². The van der Waals surface area contributed by atoms with Gasteiger partial charge < -0.3 is 5.32 Å². The van der Waals surface area contributed by atoms with E-state index >= 15 is 0 Å². The van der Waals surface area contributed by atoms with E-state index in [0.717, 1.165) is 33.9 Å². The summed E-state index contributed by atoms with van der Waals surface area (Å²) in [6.45, 7) is 2.64. The van der Waals surface area contributed by atoms with Crippen molar-refractivity contribution in [3.05, 3.63) is 77.6 Å². The number of hydrazone groups is 1. The smallest absolute Gasteiger partial charge is 0.0832 e. The average molecular weight is 314 g/mol. The van der Waals surface area contributed by atoms with E-state index in [9.17, 15) is 0 Å². The van der Waals surface area contributed by atoms with Crippen LogP contribution in [0.25, 0.3) is 6.08 Å². The van der Waals surface area contributed by atoms with Gasteiger partial charge in [0.1, 0.15) is 0 Å². The maximum absolute atomic E-state index is 4.73. The van der Waals surface area contributed by atoms with Gasteiger partial charge in [-0.05, 0) is 30.7 Å². The summed E-state index contributed by atoms with van der Waals surface area (Å²) in [7, 11) is 0. The van der Waals surface area contributed by atoms with Gasteiger partial charge in [0, 0.05) is 23.7 Å². The number of benzene rings is 2. The molecule has 0 fully saturated rings. The van der Waals surface area contributed by atoms with Crippen molar-refractivity contribution in [2.75, 3.05) is 16.9 Å². The van der Waals surface area contributed by atoms with Crippen LogP contribution in [-0.4, -0.2) is 18.5 Å². The number of nitrogens with one attached hydrogen (secondary N) is 1. The fraction of sp³-hybridized carbons (Fsp3) is 0.100. The number of anilines is 2. The Hall–Kier alpha value is -3.14. The third-order valence-corrected chi connectivity index (χ3v) is 4.02. The second-order valence-electron chi connectivity index (χ2n) is 5.84. The van der Waals surface area contributed by atoms with Crippen molar-refractivity contribution in [3.8, 4) is 0 Å². The van der Waals surface area contributed by atoms with Crippen LogP contribution in [0.1, 0.15) is 18.1 Å². The molecule has 0 bridgehead atoms. The van der Waals surface area contributed by atoms with Gasteiger partial charge in [-0.25, -0.2) is 0 Å². The summed E-state index contributed by atoms with van der Waals surface area (Å²) in [5.74, 6) is 0. The lowest BCUT2D eigenvalue weighted by atomic mass is 10.1. The minimum atomic E-state index is 0.627. The minimum absolute atomic E-state index is 0.627. The number of hydrogen-bond donors (Lipinski definition) is 1. The number of aliphatic imine (C=N–C) groups is 1. The molecule has 0 atom stereocenters. The highest BCUT2D eigenvalue weighted by atomic mass is 15.5. The molecule has 4 nitrogen and oxygen atoms in total. The van der Waals surface area contributed by atoms with E-state index in [-0.39, 0.29) is 0 Å². The van der Waals surface area contributed by atoms with Gasteiger partial charge >= 0.3 is 0 Å². The van der Waals surface area contributed by atoms with Gasteiger partial charge in [0.05, 0.1) is 23.6 Å². The molecule has 24 heavy (non-hydrogen) atoms. The number of rotatable bonds is 2. The molecule has 2 aliphatic rings. The van der Waals surface area contributed by atoms with Crippen LogP contribution in [-0.2, 0) is 0 Å². The third-order valence-electron chi connectivity index (χ3n) is 4.02. The van der Waals surface area contributed by atoms with E-state index in [2.05, 4.69) is 40.7 Å². The van der Waals surface area contributed by atoms with E-state index in [1.54, 1.807) is 0 Å². The molecule has 0 aliphatic carbocycles. The van der Waals surface area contributed by atoms with E-state index in [0.29, 0.717) is 6.54 Å². The highest BCUT2D eigenvalue weighted by Gasteiger charge is 2.15. The van der Waals surface area contributed by atoms with Crippen LogP contribution in [0.2, 0.25) is 0 Å². The monoisotopic (exact) mass is 314 g/mol. The summed E-state index contributed by atoms with van der Waals surface area (Å²) in [5.41, 5.74) is 6.38. The molecule has 2 heterocycles. The van der Waals surface area contributed by atoms with Crippen molar-refractivity contribution in [2.45, 2.75) is 6.92 Å². The molecule has 2 aromatic carbocycles. The number of allylic oxidation sites excluding steroid dienone is 1. The van der Waals surface area contributed by atoms with Crippen LogP contribution in [0.3, 0.4) is 0 Å². The Labute approximate surface area is 141 Å². The van der Waals surface area contributed by atoms with Gasteiger partial charge in [-0.3, -0.25) is 10.0 Å². The van der Waals surface area contributed by atoms with Crippen LogP contribution in [0.4, 0.5) is 11.4 Å². The first-order chi connectivity index (χ1) is 11.8. The second-order valence-corrected chi connectivity index (χ2v) is 5.84. The van der Waals surface area contributed by atoms with E-state index in [4.69, 9.17) is 5.10 Å². The Morgan fingerprint density at radius 2 is 1.75 bits per heavy atom. The van der Waals surface area contributed by atoms with Crippen molar-refractivity contribution in [1.29, 1.82) is 0 Å². The molecule has 1 N–H and O–H groups in total. The second kappa shape index (κ2) is 6.16. The van der Waals surface area contributed by atoms with Crippen LogP contribution in [0, 0.1) is 0 Å². The zero-order valence-corrected chi connectivity index (χ0v) is 13.5. The zero-order valence-electron chi connectivity index (χ0n) is 13.5. The molecule has 0 amide bonds. The lowest BCUT2D eigenvalue weighted by Gasteiger charge is -2.22. The van der Waals surface area contributed by atoms with E-state index in [1.807, 2.05) is 54.7 Å². The molecule has 2 aromatic rings. The summed E-state index contributed by atoms with van der Waals surface area (Å²) in [4.78, 5) is 4.42. The Kier molecular flexibility index (Phi) is 3.71. The number of hydrogen-bond acceptors (Lipinski definition) is 4. The lowest BCUT2D eigenvalue weighted by Crippen LogP contribution is -2.23. The van der Waals surface area contributed by atoms with Gasteiger partial charge in [-0.1, -0.05) is 42.5 Å². The summed E-state index contributed by atoms with van der Waals surface area (Å²) in [5, 5.41) is 10.2.